The summed E-state index contributed by atoms with van der Waals surface area (Å²) in [5, 5.41) is 8.09. The Bertz CT molecular complexity index is 1320. The average Bonchev–Trinajstić information content (AvgIpc) is 3.58. The van der Waals surface area contributed by atoms with E-state index in [0.29, 0.717) is 24.3 Å². The van der Waals surface area contributed by atoms with Crippen LogP contribution in [0.1, 0.15) is 31.7 Å². The average molecular weight is 439 g/mol. The number of fused-ring (bicyclic) bond motifs is 1. The second kappa shape index (κ2) is 8.38. The van der Waals surface area contributed by atoms with E-state index in [1.54, 1.807) is 0 Å². The van der Waals surface area contributed by atoms with Gasteiger partial charge in [-0.1, -0.05) is 24.3 Å². The molecular weight excluding hydrogens is 412 g/mol. The summed E-state index contributed by atoms with van der Waals surface area (Å²) in [5.74, 6) is 1.36. The van der Waals surface area contributed by atoms with E-state index in [2.05, 4.69) is 41.6 Å². The SMILES string of the molecule is [C-]#[N+]c1ccc(-c2cc(OC[C@@H]3CCNC3)c3cncn3c2-c2cnn(C3CCC3)c2)cc1. The van der Waals surface area contributed by atoms with E-state index < -0.39 is 0 Å². The summed E-state index contributed by atoms with van der Waals surface area (Å²) in [7, 11) is 0. The van der Waals surface area contributed by atoms with Crippen LogP contribution in [-0.4, -0.2) is 38.9 Å². The van der Waals surface area contributed by atoms with Crippen LogP contribution in [0.2, 0.25) is 0 Å². The molecule has 0 amide bonds. The Kier molecular flexibility index (Phi) is 5.08. The standard InChI is InChI=1S/C26H26N6O/c1-27-21-7-5-19(6-8-21)23-11-25(33-16-18-9-10-28-12-18)24-14-29-17-31(24)26(23)20-13-30-32(15-20)22-3-2-4-22/h5-8,11,13-15,17-18,22,28H,2-4,9-10,12,16H2/t18-/m1/s1. The van der Waals surface area contributed by atoms with Crippen molar-refractivity contribution in [1.29, 1.82) is 0 Å². The molecule has 3 aromatic heterocycles. The Hall–Kier alpha value is -3.63. The summed E-state index contributed by atoms with van der Waals surface area (Å²) < 4.78 is 10.6. The number of nitrogens with zero attached hydrogens (tertiary/aromatic N) is 5. The first-order valence-corrected chi connectivity index (χ1v) is 11.6. The highest BCUT2D eigenvalue weighted by Gasteiger charge is 2.23. The lowest BCUT2D eigenvalue weighted by molar-refractivity contribution is 0.262. The molecule has 33 heavy (non-hydrogen) atoms. The number of aromatic nitrogens is 4. The lowest BCUT2D eigenvalue weighted by atomic mass is 9.93. The normalized spacial score (nSPS) is 18.3. The number of benzene rings is 1. The van der Waals surface area contributed by atoms with Gasteiger partial charge in [0, 0.05) is 29.8 Å². The van der Waals surface area contributed by atoms with E-state index in [1.807, 2.05) is 43.0 Å². The molecule has 1 saturated heterocycles. The Morgan fingerprint density at radius 3 is 2.73 bits per heavy atom. The van der Waals surface area contributed by atoms with Crippen LogP contribution in [0.25, 0.3) is 32.7 Å². The van der Waals surface area contributed by atoms with Gasteiger partial charge in [-0.15, -0.1) is 0 Å². The van der Waals surface area contributed by atoms with E-state index in [1.165, 1.54) is 19.3 Å². The summed E-state index contributed by atoms with van der Waals surface area (Å²) in [5.41, 5.74) is 5.77. The molecule has 6 rings (SSSR count). The van der Waals surface area contributed by atoms with Gasteiger partial charge in [0.25, 0.3) is 0 Å². The molecule has 1 atom stereocenters. The monoisotopic (exact) mass is 438 g/mol. The summed E-state index contributed by atoms with van der Waals surface area (Å²) >= 11 is 0. The molecule has 1 saturated carbocycles. The van der Waals surface area contributed by atoms with Crippen LogP contribution in [-0.2, 0) is 0 Å². The van der Waals surface area contributed by atoms with Crippen LogP contribution >= 0.6 is 0 Å². The van der Waals surface area contributed by atoms with E-state index in [4.69, 9.17) is 11.3 Å². The lowest BCUT2D eigenvalue weighted by Crippen LogP contribution is -2.17. The van der Waals surface area contributed by atoms with E-state index in [-0.39, 0.29) is 0 Å². The zero-order valence-corrected chi connectivity index (χ0v) is 18.4. The lowest BCUT2D eigenvalue weighted by Gasteiger charge is -2.25. The largest absolute Gasteiger partial charge is 0.491 e. The predicted octanol–water partition coefficient (Wildman–Crippen LogP) is 5.13. The number of hydrogen-bond acceptors (Lipinski definition) is 4. The molecule has 7 nitrogen and oxygen atoms in total. The van der Waals surface area contributed by atoms with Crippen LogP contribution < -0.4 is 10.1 Å². The summed E-state index contributed by atoms with van der Waals surface area (Å²) in [6.45, 7) is 10.0. The quantitative estimate of drug-likeness (QED) is 0.424. The molecule has 1 aliphatic heterocycles. The first-order chi connectivity index (χ1) is 16.3. The number of imidazole rings is 1. The molecular formula is C26H26N6O. The van der Waals surface area contributed by atoms with Crippen LogP contribution in [0.4, 0.5) is 5.69 Å². The molecule has 0 radical (unpaired) electrons. The van der Waals surface area contributed by atoms with Crippen molar-refractivity contribution in [3.63, 3.8) is 0 Å². The van der Waals surface area contributed by atoms with Gasteiger partial charge in [0.15, 0.2) is 5.69 Å². The molecule has 1 aromatic carbocycles. The first kappa shape index (κ1) is 20.0. The summed E-state index contributed by atoms with van der Waals surface area (Å²) in [6, 6.07) is 10.4. The molecule has 2 fully saturated rings. The van der Waals surface area contributed by atoms with Crippen LogP contribution in [0.3, 0.4) is 0 Å². The minimum absolute atomic E-state index is 0.501. The minimum atomic E-state index is 0.501. The van der Waals surface area contributed by atoms with Gasteiger partial charge in [-0.3, -0.25) is 9.08 Å². The second-order valence-corrected chi connectivity index (χ2v) is 9.04. The van der Waals surface area contributed by atoms with Gasteiger partial charge < -0.3 is 10.1 Å². The fraction of sp³-hybridized carbons (Fsp3) is 0.346. The fourth-order valence-corrected chi connectivity index (χ4v) is 4.78. The topological polar surface area (TPSA) is 60.7 Å². The van der Waals surface area contributed by atoms with E-state index >= 15 is 0 Å². The Labute approximate surface area is 192 Å². The van der Waals surface area contributed by atoms with E-state index in [9.17, 15) is 0 Å². The van der Waals surface area contributed by atoms with E-state index in [0.717, 1.165) is 53.2 Å². The zero-order valence-electron chi connectivity index (χ0n) is 18.4. The van der Waals surface area contributed by atoms with Crippen LogP contribution in [0.5, 0.6) is 5.75 Å². The smallest absolute Gasteiger partial charge is 0.187 e. The van der Waals surface area contributed by atoms with Crippen molar-refractivity contribution in [3.8, 4) is 28.1 Å². The third-order valence-corrected chi connectivity index (χ3v) is 6.93. The van der Waals surface area contributed by atoms with Crippen molar-refractivity contribution in [2.24, 2.45) is 5.92 Å². The predicted molar refractivity (Wildman–Crippen MR) is 127 cm³/mol. The van der Waals surface area contributed by atoms with Crippen molar-refractivity contribution < 1.29 is 4.74 Å². The summed E-state index contributed by atoms with van der Waals surface area (Å²) in [4.78, 5) is 8.01. The highest BCUT2D eigenvalue weighted by Crippen LogP contribution is 2.39. The molecule has 0 bridgehead atoms. The molecule has 1 N–H and O–H groups in total. The second-order valence-electron chi connectivity index (χ2n) is 9.04. The minimum Gasteiger partial charge on any atom is -0.491 e. The van der Waals surface area contributed by atoms with Gasteiger partial charge in [-0.05, 0) is 43.9 Å². The highest BCUT2D eigenvalue weighted by atomic mass is 16.5. The van der Waals surface area contributed by atoms with Crippen molar-refractivity contribution >= 4 is 11.2 Å². The summed E-state index contributed by atoms with van der Waals surface area (Å²) in [6.07, 6.45) is 12.6. The molecule has 2 aliphatic rings. The van der Waals surface area contributed by atoms with Gasteiger partial charge in [0.05, 0.1) is 43.6 Å². The Morgan fingerprint density at radius 2 is 2.00 bits per heavy atom. The maximum atomic E-state index is 7.30. The third-order valence-electron chi connectivity index (χ3n) is 6.93. The fourth-order valence-electron chi connectivity index (χ4n) is 4.78. The molecule has 0 spiro atoms. The van der Waals surface area contributed by atoms with Gasteiger partial charge in [-0.25, -0.2) is 9.83 Å². The van der Waals surface area contributed by atoms with Crippen molar-refractivity contribution in [2.45, 2.75) is 31.7 Å². The number of rotatable bonds is 6. The van der Waals surface area contributed by atoms with Crippen LogP contribution in [0, 0.1) is 12.5 Å². The number of hydrogen-bond donors (Lipinski definition) is 1. The molecule has 166 valence electrons. The Balaban J connectivity index is 1.48. The zero-order chi connectivity index (χ0) is 22.2. The third kappa shape index (κ3) is 3.66. The van der Waals surface area contributed by atoms with Gasteiger partial charge in [0.1, 0.15) is 11.3 Å². The molecule has 4 heterocycles. The molecule has 0 unspecified atom stereocenters. The van der Waals surface area contributed by atoms with Gasteiger partial charge >= 0.3 is 0 Å². The first-order valence-electron chi connectivity index (χ1n) is 11.6. The highest BCUT2D eigenvalue weighted by molar-refractivity contribution is 5.86. The number of ether oxygens (including phenoxy) is 1. The maximum Gasteiger partial charge on any atom is 0.187 e. The molecule has 1 aliphatic carbocycles. The van der Waals surface area contributed by atoms with Crippen LogP contribution in [0.15, 0.2) is 55.2 Å². The molecule has 7 heteroatoms. The number of nitrogens with one attached hydrogen (secondary N) is 1. The maximum absolute atomic E-state index is 7.30. The van der Waals surface area contributed by atoms with Gasteiger partial charge in [-0.2, -0.15) is 5.10 Å². The Morgan fingerprint density at radius 1 is 1.12 bits per heavy atom. The van der Waals surface area contributed by atoms with Crippen molar-refractivity contribution in [1.82, 2.24) is 24.5 Å². The van der Waals surface area contributed by atoms with Crippen molar-refractivity contribution in [2.75, 3.05) is 19.7 Å². The van der Waals surface area contributed by atoms with Gasteiger partial charge in [0.2, 0.25) is 0 Å². The number of pyridine rings is 1. The molecule has 4 aromatic rings. The van der Waals surface area contributed by atoms with Crippen molar-refractivity contribution in [3.05, 3.63) is 66.7 Å².